The summed E-state index contributed by atoms with van der Waals surface area (Å²) in [6, 6.07) is 12.7. The molecule has 3 aromatic rings. The van der Waals surface area contributed by atoms with Gasteiger partial charge in [-0.15, -0.1) is 0 Å². The molecule has 0 aliphatic rings. The molecule has 1 heterocycles. The molecular weight excluding hydrogens is 384 g/mol. The highest BCUT2D eigenvalue weighted by Gasteiger charge is 2.10. The average Bonchev–Trinajstić information content (AvgIpc) is 2.68. The summed E-state index contributed by atoms with van der Waals surface area (Å²) in [5, 5.41) is 6.65. The topological polar surface area (TPSA) is 71.1 Å². The minimum absolute atomic E-state index is 0.100. The fraction of sp³-hybridized carbons (Fsp3) is 0.150. The normalized spacial score (nSPS) is 10.7. The summed E-state index contributed by atoms with van der Waals surface area (Å²) in [7, 11) is 0. The van der Waals surface area contributed by atoms with Crippen LogP contribution < -0.4 is 10.6 Å². The smallest absolute Gasteiger partial charge is 0.243 e. The second-order valence-electron chi connectivity index (χ2n) is 6.04. The molecule has 0 atom stereocenters. The van der Waals surface area contributed by atoms with Gasteiger partial charge in [0.15, 0.2) is 11.6 Å². The number of thioether (sulfide) groups is 1. The first-order valence-electron chi connectivity index (χ1n) is 8.43. The van der Waals surface area contributed by atoms with E-state index in [0.717, 1.165) is 33.6 Å². The maximum Gasteiger partial charge on any atom is 0.243 e. The van der Waals surface area contributed by atoms with E-state index >= 15 is 0 Å². The molecule has 144 valence electrons. The quantitative estimate of drug-likeness (QED) is 0.619. The number of benzene rings is 2. The summed E-state index contributed by atoms with van der Waals surface area (Å²) in [6.45, 7) is 1.71. The van der Waals surface area contributed by atoms with Gasteiger partial charge in [-0.25, -0.2) is 13.8 Å². The molecule has 3 rings (SSSR count). The molecule has 0 saturated carbocycles. The first kappa shape index (κ1) is 19.8. The van der Waals surface area contributed by atoms with Gasteiger partial charge in [0.2, 0.25) is 11.8 Å². The van der Waals surface area contributed by atoms with Gasteiger partial charge in [-0.05, 0) is 36.8 Å². The number of hydrogen-bond acceptors (Lipinski definition) is 4. The third kappa shape index (κ3) is 5.04. The van der Waals surface area contributed by atoms with Crippen LogP contribution in [-0.2, 0) is 9.59 Å². The third-order valence-corrected chi connectivity index (χ3v) is 4.81. The molecule has 0 aliphatic carbocycles. The lowest BCUT2D eigenvalue weighted by Crippen LogP contribution is -2.33. The van der Waals surface area contributed by atoms with Crippen LogP contribution >= 0.6 is 11.8 Å². The minimum Gasteiger partial charge on any atom is -0.346 e. The molecule has 28 heavy (non-hydrogen) atoms. The summed E-state index contributed by atoms with van der Waals surface area (Å²) in [5.74, 6) is -2.83. The standard InChI is InChI=1S/C20H17F2N3O2S/c1-12-8-20(25-17-5-3-2-4-14(12)17)28-11-19(27)23-10-18(26)24-13-6-7-15(21)16(22)9-13/h2-9H,10-11H2,1H3,(H,23,27)(H,24,26). The first-order valence-corrected chi connectivity index (χ1v) is 9.42. The molecule has 0 aliphatic heterocycles. The number of hydrogen-bond donors (Lipinski definition) is 2. The molecule has 0 unspecified atom stereocenters. The fourth-order valence-corrected chi connectivity index (χ4v) is 3.34. The summed E-state index contributed by atoms with van der Waals surface area (Å²) < 4.78 is 26.0. The molecule has 2 N–H and O–H groups in total. The predicted octanol–water partition coefficient (Wildman–Crippen LogP) is 3.67. The van der Waals surface area contributed by atoms with Gasteiger partial charge in [0.1, 0.15) is 0 Å². The van der Waals surface area contributed by atoms with Crippen LogP contribution in [0.25, 0.3) is 10.9 Å². The molecule has 2 amide bonds. The summed E-state index contributed by atoms with van der Waals surface area (Å²) in [5.41, 5.74) is 2.04. The van der Waals surface area contributed by atoms with Crippen molar-refractivity contribution in [1.82, 2.24) is 10.3 Å². The number of fused-ring (bicyclic) bond motifs is 1. The molecule has 0 spiro atoms. The molecule has 8 heteroatoms. The summed E-state index contributed by atoms with van der Waals surface area (Å²) in [6.07, 6.45) is 0. The van der Waals surface area contributed by atoms with Gasteiger partial charge in [-0.3, -0.25) is 9.59 Å². The van der Waals surface area contributed by atoms with E-state index in [2.05, 4.69) is 15.6 Å². The second-order valence-corrected chi connectivity index (χ2v) is 7.03. The van der Waals surface area contributed by atoms with Crippen LogP contribution in [-0.4, -0.2) is 29.1 Å². The maximum atomic E-state index is 13.1. The molecule has 0 saturated heterocycles. The van der Waals surface area contributed by atoms with Gasteiger partial charge in [0.25, 0.3) is 0 Å². The van der Waals surface area contributed by atoms with E-state index in [1.54, 1.807) is 0 Å². The summed E-state index contributed by atoms with van der Waals surface area (Å²) >= 11 is 1.27. The van der Waals surface area contributed by atoms with Gasteiger partial charge in [-0.1, -0.05) is 30.0 Å². The highest BCUT2D eigenvalue weighted by Crippen LogP contribution is 2.23. The van der Waals surface area contributed by atoms with Crippen LogP contribution in [0.15, 0.2) is 53.6 Å². The molecule has 2 aromatic carbocycles. The number of para-hydroxylation sites is 1. The Morgan fingerprint density at radius 1 is 1.04 bits per heavy atom. The first-order chi connectivity index (χ1) is 13.4. The molecule has 5 nitrogen and oxygen atoms in total. The van der Waals surface area contributed by atoms with E-state index in [1.807, 2.05) is 37.3 Å². The van der Waals surface area contributed by atoms with E-state index in [0.29, 0.717) is 0 Å². The van der Waals surface area contributed by atoms with E-state index in [9.17, 15) is 18.4 Å². The third-order valence-electron chi connectivity index (χ3n) is 3.90. The van der Waals surface area contributed by atoms with Crippen LogP contribution in [0.2, 0.25) is 0 Å². The number of nitrogens with one attached hydrogen (secondary N) is 2. The van der Waals surface area contributed by atoms with E-state index in [-0.39, 0.29) is 23.9 Å². The number of aryl methyl sites for hydroxylation is 1. The van der Waals surface area contributed by atoms with Gasteiger partial charge in [0.05, 0.1) is 22.8 Å². The lowest BCUT2D eigenvalue weighted by atomic mass is 10.1. The zero-order chi connectivity index (χ0) is 20.1. The van der Waals surface area contributed by atoms with Crippen LogP contribution in [0.1, 0.15) is 5.56 Å². The number of halogens is 2. The van der Waals surface area contributed by atoms with Crippen molar-refractivity contribution in [3.8, 4) is 0 Å². The Hall–Kier alpha value is -3.00. The molecule has 0 fully saturated rings. The predicted molar refractivity (Wildman–Crippen MR) is 105 cm³/mol. The van der Waals surface area contributed by atoms with Crippen molar-refractivity contribution in [2.45, 2.75) is 11.9 Å². The van der Waals surface area contributed by atoms with Crippen LogP contribution in [0.4, 0.5) is 14.5 Å². The van der Waals surface area contributed by atoms with Crippen molar-refractivity contribution in [2.24, 2.45) is 0 Å². The Bertz CT molecular complexity index is 1040. The minimum atomic E-state index is -1.06. The van der Waals surface area contributed by atoms with Gasteiger partial charge in [-0.2, -0.15) is 0 Å². The maximum absolute atomic E-state index is 13.1. The average molecular weight is 401 g/mol. The monoisotopic (exact) mass is 401 g/mol. The Morgan fingerprint density at radius 2 is 1.82 bits per heavy atom. The molecular formula is C20H17F2N3O2S. The number of pyridine rings is 1. The number of anilines is 1. The zero-order valence-electron chi connectivity index (χ0n) is 15.0. The number of aromatic nitrogens is 1. The number of amides is 2. The Balaban J connectivity index is 1.49. The van der Waals surface area contributed by atoms with Gasteiger partial charge >= 0.3 is 0 Å². The Kier molecular flexibility index (Phi) is 6.20. The van der Waals surface area contributed by atoms with Crippen molar-refractivity contribution in [1.29, 1.82) is 0 Å². The highest BCUT2D eigenvalue weighted by atomic mass is 32.2. The largest absolute Gasteiger partial charge is 0.346 e. The van der Waals surface area contributed by atoms with E-state index in [4.69, 9.17) is 0 Å². The second kappa shape index (κ2) is 8.79. The van der Waals surface area contributed by atoms with E-state index < -0.39 is 17.5 Å². The number of rotatable bonds is 6. The van der Waals surface area contributed by atoms with Crippen molar-refractivity contribution in [2.75, 3.05) is 17.6 Å². The SMILES string of the molecule is Cc1cc(SCC(=O)NCC(=O)Nc2ccc(F)c(F)c2)nc2ccccc12. The number of carbonyl (C=O) groups is 2. The van der Waals surface area contributed by atoms with Gasteiger partial charge in [0, 0.05) is 17.1 Å². The lowest BCUT2D eigenvalue weighted by Gasteiger charge is -2.08. The lowest BCUT2D eigenvalue weighted by molar-refractivity contribution is -0.122. The Labute approximate surface area is 164 Å². The number of carbonyl (C=O) groups excluding carboxylic acids is 2. The van der Waals surface area contributed by atoms with Crippen molar-refractivity contribution >= 4 is 40.2 Å². The highest BCUT2D eigenvalue weighted by molar-refractivity contribution is 7.99. The molecule has 0 bridgehead atoms. The van der Waals surface area contributed by atoms with Crippen molar-refractivity contribution in [3.05, 3.63) is 65.7 Å². The zero-order valence-corrected chi connectivity index (χ0v) is 15.8. The van der Waals surface area contributed by atoms with Crippen LogP contribution in [0, 0.1) is 18.6 Å². The Morgan fingerprint density at radius 3 is 2.61 bits per heavy atom. The molecule has 0 radical (unpaired) electrons. The fourth-order valence-electron chi connectivity index (χ4n) is 2.54. The van der Waals surface area contributed by atoms with Crippen molar-refractivity contribution < 1.29 is 18.4 Å². The van der Waals surface area contributed by atoms with Crippen molar-refractivity contribution in [3.63, 3.8) is 0 Å². The van der Waals surface area contributed by atoms with E-state index in [1.165, 1.54) is 17.8 Å². The summed E-state index contributed by atoms with van der Waals surface area (Å²) in [4.78, 5) is 28.3. The van der Waals surface area contributed by atoms with Gasteiger partial charge < -0.3 is 10.6 Å². The molecule has 1 aromatic heterocycles. The van der Waals surface area contributed by atoms with Crippen LogP contribution in [0.5, 0.6) is 0 Å². The number of nitrogens with zero attached hydrogens (tertiary/aromatic N) is 1. The van der Waals surface area contributed by atoms with Crippen LogP contribution in [0.3, 0.4) is 0 Å².